The van der Waals surface area contributed by atoms with Gasteiger partial charge in [-0.3, -0.25) is 4.79 Å². The van der Waals surface area contributed by atoms with Gasteiger partial charge in [0, 0.05) is 5.56 Å². The summed E-state index contributed by atoms with van der Waals surface area (Å²) in [5.41, 5.74) is 0.784. The van der Waals surface area contributed by atoms with Crippen LogP contribution in [0, 0.1) is 6.92 Å². The van der Waals surface area contributed by atoms with Crippen LogP contribution in [0.1, 0.15) is 27.6 Å². The topological polar surface area (TPSA) is 37.3 Å². The average Bonchev–Trinajstić information content (AvgIpc) is 2.47. The van der Waals surface area contributed by atoms with Crippen molar-refractivity contribution >= 4 is 5.78 Å². The predicted molar refractivity (Wildman–Crippen MR) is 71.9 cm³/mol. The molecule has 0 amide bonds. The molecule has 0 saturated heterocycles. The third kappa shape index (κ3) is 2.75. The molecule has 0 aliphatic rings. The molecule has 0 bridgehead atoms. The molecule has 0 aliphatic heterocycles. The van der Waals surface area contributed by atoms with Gasteiger partial charge < -0.3 is 5.11 Å². The summed E-state index contributed by atoms with van der Waals surface area (Å²) in [6.45, 7) is 1.81. The monoisotopic (exact) mass is 276 g/mol. The molecule has 2 nitrogen and oxygen atoms in total. The van der Waals surface area contributed by atoms with Crippen molar-refractivity contribution in [3.63, 3.8) is 0 Å². The van der Waals surface area contributed by atoms with Crippen LogP contribution in [-0.2, 0) is 0 Å². The van der Waals surface area contributed by atoms with Crippen molar-refractivity contribution in [2.24, 2.45) is 0 Å². The van der Waals surface area contributed by atoms with E-state index in [2.05, 4.69) is 0 Å². The fourth-order valence-corrected chi connectivity index (χ4v) is 1.86. The van der Waals surface area contributed by atoms with Gasteiger partial charge in [0.2, 0.25) is 5.78 Å². The lowest BCUT2D eigenvalue weighted by atomic mass is 9.96. The number of hydrogen-bond donors (Lipinski definition) is 1. The minimum atomic E-state index is -3.86. The molecule has 2 aromatic rings. The fourth-order valence-electron chi connectivity index (χ4n) is 1.86. The highest BCUT2D eigenvalue weighted by atomic mass is 19.3. The number of ketones is 1. The zero-order valence-corrected chi connectivity index (χ0v) is 10.9. The Hall–Kier alpha value is -2.07. The summed E-state index contributed by atoms with van der Waals surface area (Å²) in [6.07, 6.45) is -2.16. The number of halogens is 2. The number of aryl methyl sites for hydroxylation is 1. The number of carbonyl (C=O) groups is 1. The first-order chi connectivity index (χ1) is 9.43. The number of carbonyl (C=O) groups excluding carboxylic acids is 1. The van der Waals surface area contributed by atoms with Gasteiger partial charge in [-0.05, 0) is 12.5 Å². The van der Waals surface area contributed by atoms with E-state index in [0.29, 0.717) is 0 Å². The van der Waals surface area contributed by atoms with Gasteiger partial charge in [0.15, 0.2) is 6.10 Å². The Bertz CT molecular complexity index is 592. The average molecular weight is 276 g/mol. The summed E-state index contributed by atoms with van der Waals surface area (Å²) < 4.78 is 28.2. The van der Waals surface area contributed by atoms with Gasteiger partial charge in [0.25, 0.3) is 0 Å². The van der Waals surface area contributed by atoms with Crippen LogP contribution in [-0.4, -0.2) is 16.8 Å². The number of alkyl halides is 2. The Kier molecular flexibility index (Phi) is 3.95. The molecule has 104 valence electrons. The molecule has 0 radical (unpaired) electrons. The maximum Gasteiger partial charge on any atom is 0.339 e. The Morgan fingerprint density at radius 3 is 2.15 bits per heavy atom. The normalized spacial score (nSPS) is 13.0. The van der Waals surface area contributed by atoms with E-state index in [4.69, 9.17) is 0 Å². The molecule has 0 spiro atoms. The molecule has 0 aliphatic carbocycles. The summed E-state index contributed by atoms with van der Waals surface area (Å²) in [5, 5.41) is 9.80. The standard InChI is InChI=1S/C16H14F2O2/c1-11-7-9-13(10-8-11)15(20)16(17,18)14(19)12-5-3-2-4-6-12/h2-10,15,20H,1H3. The predicted octanol–water partition coefficient (Wildman–Crippen LogP) is 3.55. The third-order valence-corrected chi connectivity index (χ3v) is 3.08. The van der Waals surface area contributed by atoms with Crippen molar-refractivity contribution in [1.29, 1.82) is 0 Å². The first kappa shape index (κ1) is 14.3. The number of Topliss-reactive ketones (excluding diaryl/α,β-unsaturated/α-hetero) is 1. The lowest BCUT2D eigenvalue weighted by Crippen LogP contribution is -2.35. The number of aliphatic hydroxyl groups is 1. The van der Waals surface area contributed by atoms with Crippen molar-refractivity contribution in [1.82, 2.24) is 0 Å². The largest absolute Gasteiger partial charge is 0.382 e. The Morgan fingerprint density at radius 1 is 1.05 bits per heavy atom. The van der Waals surface area contributed by atoms with Gasteiger partial charge in [-0.15, -0.1) is 0 Å². The van der Waals surface area contributed by atoms with Gasteiger partial charge >= 0.3 is 5.92 Å². The van der Waals surface area contributed by atoms with Crippen molar-refractivity contribution < 1.29 is 18.7 Å². The molecule has 0 saturated carbocycles. The quantitative estimate of drug-likeness (QED) is 0.867. The molecule has 1 unspecified atom stereocenters. The van der Waals surface area contributed by atoms with E-state index in [1.165, 1.54) is 36.4 Å². The lowest BCUT2D eigenvalue weighted by molar-refractivity contribution is -0.0792. The molecule has 2 rings (SSSR count). The number of hydrogen-bond acceptors (Lipinski definition) is 2. The molecule has 0 aromatic heterocycles. The van der Waals surface area contributed by atoms with E-state index in [1.807, 2.05) is 6.92 Å². The highest BCUT2D eigenvalue weighted by Gasteiger charge is 2.47. The van der Waals surface area contributed by atoms with Gasteiger partial charge in [-0.1, -0.05) is 60.2 Å². The smallest absolute Gasteiger partial charge is 0.339 e. The van der Waals surface area contributed by atoms with Crippen LogP contribution in [0.3, 0.4) is 0 Å². The summed E-state index contributed by atoms with van der Waals surface area (Å²) in [7, 11) is 0. The molecule has 1 atom stereocenters. The molecule has 2 aromatic carbocycles. The Morgan fingerprint density at radius 2 is 1.60 bits per heavy atom. The van der Waals surface area contributed by atoms with E-state index in [1.54, 1.807) is 18.2 Å². The lowest BCUT2D eigenvalue weighted by Gasteiger charge is -2.21. The second-order valence-corrected chi connectivity index (χ2v) is 4.63. The van der Waals surface area contributed by atoms with Crippen LogP contribution in [0.15, 0.2) is 54.6 Å². The molecule has 4 heteroatoms. The number of aliphatic hydroxyl groups excluding tert-OH is 1. The molecule has 0 heterocycles. The van der Waals surface area contributed by atoms with E-state index in [0.717, 1.165) is 5.56 Å². The number of rotatable bonds is 4. The maximum absolute atomic E-state index is 14.1. The first-order valence-corrected chi connectivity index (χ1v) is 6.15. The van der Waals surface area contributed by atoms with Crippen molar-refractivity contribution in [3.8, 4) is 0 Å². The molecule has 1 N–H and O–H groups in total. The fraction of sp³-hybridized carbons (Fsp3) is 0.188. The second kappa shape index (κ2) is 5.51. The van der Waals surface area contributed by atoms with Crippen molar-refractivity contribution in [2.75, 3.05) is 0 Å². The minimum absolute atomic E-state index is 0.0184. The highest BCUT2D eigenvalue weighted by Crippen LogP contribution is 2.34. The Balaban J connectivity index is 2.29. The summed E-state index contributed by atoms with van der Waals surface area (Å²) in [4.78, 5) is 11.8. The summed E-state index contributed by atoms with van der Waals surface area (Å²) >= 11 is 0. The summed E-state index contributed by atoms with van der Waals surface area (Å²) in [6, 6.07) is 13.3. The Labute approximate surface area is 115 Å². The zero-order chi connectivity index (χ0) is 14.8. The van der Waals surface area contributed by atoms with E-state index < -0.39 is 17.8 Å². The molecular weight excluding hydrogens is 262 g/mol. The van der Waals surface area contributed by atoms with E-state index >= 15 is 0 Å². The maximum atomic E-state index is 14.1. The van der Waals surface area contributed by atoms with E-state index in [-0.39, 0.29) is 11.1 Å². The van der Waals surface area contributed by atoms with Gasteiger partial charge in [0.1, 0.15) is 0 Å². The van der Waals surface area contributed by atoms with Crippen LogP contribution in [0.25, 0.3) is 0 Å². The second-order valence-electron chi connectivity index (χ2n) is 4.63. The van der Waals surface area contributed by atoms with Crippen LogP contribution < -0.4 is 0 Å². The summed E-state index contributed by atoms with van der Waals surface area (Å²) in [5.74, 6) is -5.25. The van der Waals surface area contributed by atoms with Gasteiger partial charge in [-0.25, -0.2) is 0 Å². The van der Waals surface area contributed by atoms with Crippen LogP contribution in [0.4, 0.5) is 8.78 Å². The van der Waals surface area contributed by atoms with Gasteiger partial charge in [0.05, 0.1) is 0 Å². The molecule has 0 fully saturated rings. The van der Waals surface area contributed by atoms with Crippen molar-refractivity contribution in [3.05, 3.63) is 71.3 Å². The zero-order valence-electron chi connectivity index (χ0n) is 10.9. The highest BCUT2D eigenvalue weighted by molar-refractivity contribution is 6.01. The van der Waals surface area contributed by atoms with E-state index in [9.17, 15) is 18.7 Å². The third-order valence-electron chi connectivity index (χ3n) is 3.08. The molecular formula is C16H14F2O2. The molecule has 20 heavy (non-hydrogen) atoms. The van der Waals surface area contributed by atoms with Crippen LogP contribution in [0.2, 0.25) is 0 Å². The first-order valence-electron chi connectivity index (χ1n) is 6.15. The van der Waals surface area contributed by atoms with Crippen molar-refractivity contribution in [2.45, 2.75) is 19.0 Å². The SMILES string of the molecule is Cc1ccc(C(O)C(F)(F)C(=O)c2ccccc2)cc1. The van der Waals surface area contributed by atoms with Gasteiger partial charge in [-0.2, -0.15) is 8.78 Å². The van der Waals surface area contributed by atoms with Crippen LogP contribution >= 0.6 is 0 Å². The minimum Gasteiger partial charge on any atom is -0.382 e. The van der Waals surface area contributed by atoms with Crippen LogP contribution in [0.5, 0.6) is 0 Å². The number of benzene rings is 2.